The van der Waals surface area contributed by atoms with Crippen molar-refractivity contribution < 1.29 is 19.5 Å². The second-order valence-corrected chi connectivity index (χ2v) is 4.90. The molecule has 6 nitrogen and oxygen atoms in total. The lowest BCUT2D eigenvalue weighted by molar-refractivity contribution is -0.104. The zero-order valence-corrected chi connectivity index (χ0v) is 13.2. The number of nitrogens with one attached hydrogen (secondary N) is 2. The molecule has 3 N–H and O–H groups in total. The average molecular weight is 326 g/mol. The molecule has 0 aromatic heterocycles. The van der Waals surface area contributed by atoms with E-state index in [0.29, 0.717) is 24.0 Å². The molecule has 2 rings (SSSR count). The molecule has 6 heteroatoms. The van der Waals surface area contributed by atoms with E-state index in [0.717, 1.165) is 17.4 Å². The van der Waals surface area contributed by atoms with Crippen LogP contribution in [-0.4, -0.2) is 24.5 Å². The Morgan fingerprint density at radius 3 is 2.38 bits per heavy atom. The average Bonchev–Trinajstić information content (AvgIpc) is 2.64. The van der Waals surface area contributed by atoms with Crippen LogP contribution in [0.4, 0.5) is 0 Å². The highest BCUT2D eigenvalue weighted by Crippen LogP contribution is 2.17. The molecular weight excluding hydrogens is 308 g/mol. The van der Waals surface area contributed by atoms with Crippen molar-refractivity contribution in [2.24, 2.45) is 0 Å². The Morgan fingerprint density at radius 2 is 1.79 bits per heavy atom. The van der Waals surface area contributed by atoms with Crippen molar-refractivity contribution in [1.29, 1.82) is 0 Å². The summed E-state index contributed by atoms with van der Waals surface area (Å²) in [6, 6.07) is 14.0. The van der Waals surface area contributed by atoms with Crippen LogP contribution in [0.25, 0.3) is 5.70 Å². The Hall–Kier alpha value is -3.12. The second kappa shape index (κ2) is 8.50. The van der Waals surface area contributed by atoms with Crippen LogP contribution >= 0.6 is 0 Å². The molecule has 0 radical (unpaired) electrons. The van der Waals surface area contributed by atoms with E-state index in [4.69, 9.17) is 9.94 Å². The number of benzene rings is 2. The fourth-order valence-electron chi connectivity index (χ4n) is 2.19. The van der Waals surface area contributed by atoms with E-state index in [9.17, 15) is 9.59 Å². The van der Waals surface area contributed by atoms with Gasteiger partial charge in [-0.2, -0.15) is 0 Å². The Morgan fingerprint density at radius 1 is 1.12 bits per heavy atom. The van der Waals surface area contributed by atoms with Gasteiger partial charge in [-0.25, -0.2) is 0 Å². The number of carbonyl (C=O) groups is 2. The number of carbonyl (C=O) groups excluding carboxylic acids is 2. The summed E-state index contributed by atoms with van der Waals surface area (Å²) in [5.74, 6) is 0.432. The molecule has 0 bridgehead atoms. The Labute approximate surface area is 139 Å². The fourth-order valence-corrected chi connectivity index (χ4v) is 2.19. The number of hydrogen-bond acceptors (Lipinski definition) is 5. The van der Waals surface area contributed by atoms with E-state index < -0.39 is 0 Å². The topological polar surface area (TPSA) is 87.7 Å². The van der Waals surface area contributed by atoms with Gasteiger partial charge in [-0.3, -0.25) is 20.3 Å². The lowest BCUT2D eigenvalue weighted by Crippen LogP contribution is -2.24. The highest BCUT2D eigenvalue weighted by Gasteiger charge is 2.13. The number of ether oxygens (including phenoxy) is 1. The third-order valence-corrected chi connectivity index (χ3v) is 3.43. The van der Waals surface area contributed by atoms with E-state index >= 15 is 0 Å². The molecular formula is C18H18N2O4. The summed E-state index contributed by atoms with van der Waals surface area (Å²) in [6.07, 6.45) is 1.68. The maximum Gasteiger partial charge on any atom is 0.252 e. The van der Waals surface area contributed by atoms with Gasteiger partial charge >= 0.3 is 0 Å². The minimum absolute atomic E-state index is 0.153. The van der Waals surface area contributed by atoms with Gasteiger partial charge in [0.15, 0.2) is 0 Å². The van der Waals surface area contributed by atoms with Crippen molar-refractivity contribution in [3.63, 3.8) is 0 Å². The van der Waals surface area contributed by atoms with E-state index in [1.807, 2.05) is 29.7 Å². The van der Waals surface area contributed by atoms with Gasteiger partial charge in [0.25, 0.3) is 5.91 Å². The summed E-state index contributed by atoms with van der Waals surface area (Å²) in [4.78, 5) is 23.1. The predicted molar refractivity (Wildman–Crippen MR) is 89.6 cm³/mol. The van der Waals surface area contributed by atoms with Crippen molar-refractivity contribution in [2.75, 3.05) is 7.11 Å². The molecule has 0 unspecified atom stereocenters. The fraction of sp³-hybridized carbons (Fsp3) is 0.111. The maximum atomic E-state index is 12.4. The Balaban J connectivity index is 2.14. The molecule has 124 valence electrons. The summed E-state index contributed by atoms with van der Waals surface area (Å²) < 4.78 is 5.09. The van der Waals surface area contributed by atoms with E-state index in [1.54, 1.807) is 31.4 Å². The number of amides is 1. The highest BCUT2D eigenvalue weighted by molar-refractivity contribution is 6.00. The van der Waals surface area contributed by atoms with E-state index in [2.05, 4.69) is 5.32 Å². The van der Waals surface area contributed by atoms with Crippen LogP contribution in [0.3, 0.4) is 0 Å². The zero-order chi connectivity index (χ0) is 17.4. The lowest BCUT2D eigenvalue weighted by Gasteiger charge is -2.12. The molecule has 0 fully saturated rings. The first kappa shape index (κ1) is 17.2. The smallest absolute Gasteiger partial charge is 0.252 e. The van der Waals surface area contributed by atoms with Gasteiger partial charge in [0.05, 0.1) is 12.8 Å². The minimum atomic E-state index is -0.312. The van der Waals surface area contributed by atoms with Crippen molar-refractivity contribution in [1.82, 2.24) is 10.8 Å². The van der Waals surface area contributed by atoms with Gasteiger partial charge in [-0.15, -0.1) is 0 Å². The number of hydroxylamine groups is 1. The van der Waals surface area contributed by atoms with Crippen LogP contribution in [0.5, 0.6) is 5.75 Å². The van der Waals surface area contributed by atoms with Gasteiger partial charge in [-0.1, -0.05) is 30.3 Å². The van der Waals surface area contributed by atoms with E-state index in [-0.39, 0.29) is 11.6 Å². The molecule has 2 aromatic carbocycles. The van der Waals surface area contributed by atoms with Gasteiger partial charge < -0.3 is 10.1 Å². The van der Waals surface area contributed by atoms with Gasteiger partial charge in [-0.05, 0) is 23.8 Å². The van der Waals surface area contributed by atoms with Crippen molar-refractivity contribution in [3.8, 4) is 5.75 Å². The molecule has 24 heavy (non-hydrogen) atoms. The molecule has 1 amide bonds. The van der Waals surface area contributed by atoms with Crippen molar-refractivity contribution >= 4 is 17.9 Å². The number of rotatable bonds is 7. The minimum Gasteiger partial charge on any atom is -0.497 e. The van der Waals surface area contributed by atoms with Crippen LogP contribution in [0.15, 0.2) is 54.6 Å². The molecule has 0 aliphatic rings. The molecule has 0 saturated heterocycles. The molecule has 0 spiro atoms. The second-order valence-electron chi connectivity index (χ2n) is 4.90. The predicted octanol–water partition coefficient (Wildman–Crippen LogP) is 2.14. The van der Waals surface area contributed by atoms with Crippen LogP contribution < -0.4 is 15.5 Å². The molecule has 0 aliphatic carbocycles. The summed E-state index contributed by atoms with van der Waals surface area (Å²) in [5, 5.41) is 12.0. The molecule has 0 heterocycles. The summed E-state index contributed by atoms with van der Waals surface area (Å²) >= 11 is 0. The third-order valence-electron chi connectivity index (χ3n) is 3.43. The summed E-state index contributed by atoms with van der Waals surface area (Å²) in [5.41, 5.74) is 3.79. The SMILES string of the molecule is COc1ccc(CNC(=O)c2ccccc2/C(=C\C=O)NO)cc1. The monoisotopic (exact) mass is 326 g/mol. The zero-order valence-electron chi connectivity index (χ0n) is 13.2. The summed E-state index contributed by atoms with van der Waals surface area (Å²) in [7, 11) is 1.59. The number of methoxy groups -OCH3 is 1. The normalized spacial score (nSPS) is 10.8. The number of hydrogen-bond donors (Lipinski definition) is 3. The number of allylic oxidation sites excluding steroid dienone is 1. The Kier molecular flexibility index (Phi) is 6.10. The van der Waals surface area contributed by atoms with Crippen LogP contribution in [0.1, 0.15) is 21.5 Å². The maximum absolute atomic E-state index is 12.4. The van der Waals surface area contributed by atoms with Crippen LogP contribution in [0, 0.1) is 0 Å². The summed E-state index contributed by atoms with van der Waals surface area (Å²) in [6.45, 7) is 0.344. The Bertz CT molecular complexity index is 739. The van der Waals surface area contributed by atoms with Crippen molar-refractivity contribution in [3.05, 3.63) is 71.3 Å². The number of aldehydes is 1. The molecule has 0 atom stereocenters. The first-order valence-corrected chi connectivity index (χ1v) is 7.25. The largest absolute Gasteiger partial charge is 0.497 e. The van der Waals surface area contributed by atoms with Crippen LogP contribution in [-0.2, 0) is 11.3 Å². The highest BCUT2D eigenvalue weighted by atomic mass is 16.5. The standard InChI is InChI=1S/C18H18N2O4/c1-24-14-8-6-13(7-9-14)12-19-18(22)16-5-3-2-4-15(16)17(20-23)10-11-21/h2-11,20,23H,12H2,1H3,(H,19,22)/b17-10+. The first-order valence-electron chi connectivity index (χ1n) is 7.25. The van der Waals surface area contributed by atoms with Gasteiger partial charge in [0, 0.05) is 23.7 Å². The van der Waals surface area contributed by atoms with E-state index in [1.165, 1.54) is 0 Å². The molecule has 2 aromatic rings. The van der Waals surface area contributed by atoms with Gasteiger partial charge in [0.2, 0.25) is 0 Å². The van der Waals surface area contributed by atoms with Crippen LogP contribution in [0.2, 0.25) is 0 Å². The first-order chi connectivity index (χ1) is 11.7. The lowest BCUT2D eigenvalue weighted by atomic mass is 10.0. The molecule has 0 aliphatic heterocycles. The van der Waals surface area contributed by atoms with Gasteiger partial charge in [0.1, 0.15) is 12.0 Å². The van der Waals surface area contributed by atoms with Crippen molar-refractivity contribution in [2.45, 2.75) is 6.54 Å². The quantitative estimate of drug-likeness (QED) is 0.412. The third kappa shape index (κ3) is 4.21. The molecule has 0 saturated carbocycles.